The molecular weight excluding hydrogens is 314 g/mol. The monoisotopic (exact) mass is 339 g/mol. The van der Waals surface area contributed by atoms with Crippen molar-refractivity contribution in [3.63, 3.8) is 0 Å². The third kappa shape index (κ3) is 4.19. The molecule has 1 atom stereocenters. The summed E-state index contributed by atoms with van der Waals surface area (Å²) in [4.78, 5) is 8.80. The molecule has 128 valence electrons. The Hall–Kier alpha value is -1.25. The van der Waals surface area contributed by atoms with E-state index in [0.29, 0.717) is 19.0 Å². The number of hydrogen-bond donors (Lipinski definition) is 2. The van der Waals surface area contributed by atoms with Crippen molar-refractivity contribution in [1.82, 2.24) is 19.6 Å². The Bertz CT molecular complexity index is 649. The molecule has 3 rings (SSSR count). The lowest BCUT2D eigenvalue weighted by atomic mass is 9.99. The third-order valence-corrected chi connectivity index (χ3v) is 5.90. The fourth-order valence-corrected chi connectivity index (χ4v) is 4.30. The van der Waals surface area contributed by atoms with E-state index in [1.54, 1.807) is 10.6 Å². The molecule has 2 aliphatic rings. The van der Waals surface area contributed by atoms with Crippen LogP contribution in [0, 0.1) is 5.92 Å². The Kier molecular flexibility index (Phi) is 5.13. The van der Waals surface area contributed by atoms with Crippen LogP contribution < -0.4 is 10.6 Å². The number of nitrogens with zero attached hydrogens (tertiary/aromatic N) is 3. The van der Waals surface area contributed by atoms with Crippen molar-refractivity contribution in [3.05, 3.63) is 17.6 Å². The fourth-order valence-electron chi connectivity index (χ4n) is 3.36. The van der Waals surface area contributed by atoms with E-state index in [-0.39, 0.29) is 0 Å². The summed E-state index contributed by atoms with van der Waals surface area (Å²) in [6.45, 7) is 3.89. The zero-order valence-corrected chi connectivity index (χ0v) is 14.4. The second kappa shape index (κ2) is 7.11. The highest BCUT2D eigenvalue weighted by Crippen LogP contribution is 2.22. The Morgan fingerprint density at radius 2 is 2.17 bits per heavy atom. The molecule has 1 aromatic heterocycles. The van der Waals surface area contributed by atoms with Gasteiger partial charge in [-0.2, -0.15) is 0 Å². The average molecular weight is 339 g/mol. The number of anilines is 1. The van der Waals surface area contributed by atoms with Crippen molar-refractivity contribution in [2.45, 2.75) is 25.7 Å². The molecule has 0 aromatic carbocycles. The number of aromatic nitrogens is 2. The average Bonchev–Trinajstić information content (AvgIpc) is 2.78. The van der Waals surface area contributed by atoms with Crippen molar-refractivity contribution >= 4 is 15.8 Å². The molecule has 1 saturated heterocycles. The second-order valence-corrected chi connectivity index (χ2v) is 8.39. The Morgan fingerprint density at radius 3 is 3.00 bits per heavy atom. The van der Waals surface area contributed by atoms with Crippen LogP contribution in [0.5, 0.6) is 0 Å². The number of fused-ring (bicyclic) bond motifs is 1. The fraction of sp³-hybridized carbons (Fsp3) is 0.733. The first-order valence-corrected chi connectivity index (χ1v) is 10.1. The maximum atomic E-state index is 11.7. The summed E-state index contributed by atoms with van der Waals surface area (Å²) in [5.74, 6) is 1.24. The van der Waals surface area contributed by atoms with Gasteiger partial charge in [0, 0.05) is 38.2 Å². The van der Waals surface area contributed by atoms with Gasteiger partial charge < -0.3 is 10.6 Å². The molecule has 0 aliphatic carbocycles. The maximum absolute atomic E-state index is 11.7. The first-order valence-electron chi connectivity index (χ1n) is 8.26. The lowest BCUT2D eigenvalue weighted by Crippen LogP contribution is -2.41. The first kappa shape index (κ1) is 16.6. The third-order valence-electron chi connectivity index (χ3n) is 4.63. The Morgan fingerprint density at radius 1 is 1.35 bits per heavy atom. The van der Waals surface area contributed by atoms with Gasteiger partial charge in [-0.25, -0.2) is 22.7 Å². The van der Waals surface area contributed by atoms with Crippen molar-refractivity contribution in [2.24, 2.45) is 5.92 Å². The van der Waals surface area contributed by atoms with Crippen LogP contribution in [0.15, 0.2) is 6.33 Å². The van der Waals surface area contributed by atoms with Gasteiger partial charge in [-0.1, -0.05) is 0 Å². The molecule has 2 aliphatic heterocycles. The zero-order valence-electron chi connectivity index (χ0n) is 13.6. The van der Waals surface area contributed by atoms with Crippen LogP contribution in [-0.2, 0) is 22.9 Å². The van der Waals surface area contributed by atoms with Crippen LogP contribution in [0.1, 0.15) is 24.1 Å². The highest BCUT2D eigenvalue weighted by molar-refractivity contribution is 7.88. The molecular formula is C15H25N5O2S. The van der Waals surface area contributed by atoms with Gasteiger partial charge in [0.1, 0.15) is 12.1 Å². The molecule has 0 spiro atoms. The van der Waals surface area contributed by atoms with Gasteiger partial charge in [0.05, 0.1) is 11.9 Å². The minimum atomic E-state index is -3.09. The summed E-state index contributed by atoms with van der Waals surface area (Å²) < 4.78 is 25.0. The second-order valence-electron chi connectivity index (χ2n) is 6.41. The topological polar surface area (TPSA) is 87.2 Å². The van der Waals surface area contributed by atoms with E-state index >= 15 is 0 Å². The van der Waals surface area contributed by atoms with E-state index in [2.05, 4.69) is 20.6 Å². The number of rotatable bonds is 4. The molecule has 2 N–H and O–H groups in total. The SMILES string of the molecule is CS(=O)(=O)N1CCCC(CNc2ncnc3c2CCNCC3)C1. The van der Waals surface area contributed by atoms with Crippen molar-refractivity contribution in [1.29, 1.82) is 0 Å². The summed E-state index contributed by atoms with van der Waals surface area (Å²) in [7, 11) is -3.09. The Balaban J connectivity index is 1.64. The van der Waals surface area contributed by atoms with Crippen molar-refractivity contribution < 1.29 is 8.42 Å². The largest absolute Gasteiger partial charge is 0.369 e. The molecule has 1 aromatic rings. The summed E-state index contributed by atoms with van der Waals surface area (Å²) in [5.41, 5.74) is 2.32. The first-order chi connectivity index (χ1) is 11.0. The highest BCUT2D eigenvalue weighted by atomic mass is 32.2. The van der Waals surface area contributed by atoms with Crippen molar-refractivity contribution in [2.75, 3.05) is 44.3 Å². The summed E-state index contributed by atoms with van der Waals surface area (Å²) in [6, 6.07) is 0. The molecule has 23 heavy (non-hydrogen) atoms. The molecule has 0 saturated carbocycles. The quantitative estimate of drug-likeness (QED) is 0.818. The van der Waals surface area contributed by atoms with Gasteiger partial charge in [0.25, 0.3) is 0 Å². The molecule has 8 heteroatoms. The van der Waals surface area contributed by atoms with Crippen LogP contribution in [0.3, 0.4) is 0 Å². The number of nitrogens with one attached hydrogen (secondary N) is 2. The lowest BCUT2D eigenvalue weighted by molar-refractivity contribution is 0.276. The van der Waals surface area contributed by atoms with Crippen LogP contribution >= 0.6 is 0 Å². The number of sulfonamides is 1. The van der Waals surface area contributed by atoms with E-state index in [4.69, 9.17) is 0 Å². The van der Waals surface area contributed by atoms with Gasteiger partial charge in [0.2, 0.25) is 10.0 Å². The summed E-state index contributed by atoms with van der Waals surface area (Å²) >= 11 is 0. The molecule has 3 heterocycles. The van der Waals surface area contributed by atoms with Crippen LogP contribution in [0.4, 0.5) is 5.82 Å². The number of piperidine rings is 1. The molecule has 1 unspecified atom stereocenters. The van der Waals surface area contributed by atoms with E-state index in [1.807, 2.05) is 0 Å². The van der Waals surface area contributed by atoms with E-state index < -0.39 is 10.0 Å². The van der Waals surface area contributed by atoms with Gasteiger partial charge >= 0.3 is 0 Å². The van der Waals surface area contributed by atoms with Gasteiger partial charge in [-0.3, -0.25) is 0 Å². The van der Waals surface area contributed by atoms with Crippen molar-refractivity contribution in [3.8, 4) is 0 Å². The van der Waals surface area contributed by atoms with Gasteiger partial charge in [-0.15, -0.1) is 0 Å². The molecule has 0 amide bonds. The molecule has 0 bridgehead atoms. The highest BCUT2D eigenvalue weighted by Gasteiger charge is 2.26. The van der Waals surface area contributed by atoms with Gasteiger partial charge in [0.15, 0.2) is 0 Å². The molecule has 7 nitrogen and oxygen atoms in total. The van der Waals surface area contributed by atoms with Crippen LogP contribution in [0.2, 0.25) is 0 Å². The zero-order chi connectivity index (χ0) is 16.3. The van der Waals surface area contributed by atoms with E-state index in [0.717, 1.165) is 56.8 Å². The molecule has 1 fully saturated rings. The van der Waals surface area contributed by atoms with Gasteiger partial charge in [-0.05, 0) is 31.7 Å². The summed E-state index contributed by atoms with van der Waals surface area (Å²) in [5, 5.41) is 6.82. The summed E-state index contributed by atoms with van der Waals surface area (Å²) in [6.07, 6.45) is 6.74. The predicted molar refractivity (Wildman–Crippen MR) is 89.9 cm³/mol. The minimum absolute atomic E-state index is 0.327. The smallest absolute Gasteiger partial charge is 0.211 e. The standard InChI is InChI=1S/C15H25N5O2S/c1-23(21,22)20-8-2-3-12(10-20)9-17-15-13-4-6-16-7-5-14(13)18-11-19-15/h11-12,16H,2-10H2,1H3,(H,17,18,19). The predicted octanol–water partition coefficient (Wildman–Crippen LogP) is 0.248. The van der Waals surface area contributed by atoms with E-state index in [1.165, 1.54) is 11.8 Å². The number of hydrogen-bond acceptors (Lipinski definition) is 6. The van der Waals surface area contributed by atoms with E-state index in [9.17, 15) is 8.42 Å². The lowest BCUT2D eigenvalue weighted by Gasteiger charge is -2.31. The van der Waals surface area contributed by atoms with Crippen LogP contribution in [0.25, 0.3) is 0 Å². The molecule has 0 radical (unpaired) electrons. The van der Waals surface area contributed by atoms with Crippen LogP contribution in [-0.4, -0.2) is 61.7 Å². The normalized spacial score (nSPS) is 23.1. The maximum Gasteiger partial charge on any atom is 0.211 e. The Labute approximate surface area is 137 Å². The minimum Gasteiger partial charge on any atom is -0.369 e.